The van der Waals surface area contributed by atoms with Crippen LogP contribution in [0.2, 0.25) is 0 Å². The molecular formula is C23H24Br2N2O3. The van der Waals surface area contributed by atoms with E-state index in [4.69, 9.17) is 0 Å². The van der Waals surface area contributed by atoms with E-state index in [1.165, 1.54) is 0 Å². The van der Waals surface area contributed by atoms with E-state index in [1.807, 2.05) is 42.5 Å². The van der Waals surface area contributed by atoms with Crippen molar-refractivity contribution in [3.63, 3.8) is 0 Å². The molecule has 1 spiro atoms. The first-order valence-electron chi connectivity index (χ1n) is 9.90. The molecule has 4 atom stereocenters. The molecule has 3 N–H and O–H groups in total. The molecule has 5 nitrogen and oxygen atoms in total. The molecule has 4 unspecified atom stereocenters. The van der Waals surface area contributed by atoms with E-state index in [9.17, 15) is 14.7 Å². The minimum absolute atomic E-state index is 0.0989. The van der Waals surface area contributed by atoms with Crippen molar-refractivity contribution in [2.24, 2.45) is 5.41 Å². The molecule has 0 aromatic heterocycles. The normalized spacial score (nSPS) is 27.9. The number of halogens is 2. The largest absolute Gasteiger partial charge is 0.480 e. The van der Waals surface area contributed by atoms with Gasteiger partial charge in [-0.2, -0.15) is 0 Å². The second kappa shape index (κ2) is 7.46. The molecule has 2 aromatic rings. The third kappa shape index (κ3) is 3.41. The number of fused-ring (bicyclic) bond motifs is 2. The Morgan fingerprint density at radius 2 is 1.83 bits per heavy atom. The summed E-state index contributed by atoms with van der Waals surface area (Å²) in [5.74, 6) is -1.65. The van der Waals surface area contributed by atoms with Crippen molar-refractivity contribution in [1.29, 1.82) is 0 Å². The van der Waals surface area contributed by atoms with Crippen LogP contribution in [-0.4, -0.2) is 29.1 Å². The number of carbonyl (C=O) groups excluding carboxylic acids is 1. The molecule has 1 fully saturated rings. The number of carbonyl (C=O) groups is 2. The molecule has 2 heterocycles. The van der Waals surface area contributed by atoms with Crippen LogP contribution < -0.4 is 10.6 Å². The highest BCUT2D eigenvalue weighted by Crippen LogP contribution is 2.56. The third-order valence-electron chi connectivity index (χ3n) is 6.10. The van der Waals surface area contributed by atoms with Crippen LogP contribution in [-0.2, 0) is 15.0 Å². The van der Waals surface area contributed by atoms with E-state index in [0.29, 0.717) is 6.42 Å². The van der Waals surface area contributed by atoms with Crippen molar-refractivity contribution >= 4 is 49.4 Å². The van der Waals surface area contributed by atoms with Gasteiger partial charge in [-0.3, -0.25) is 14.9 Å². The predicted molar refractivity (Wildman–Crippen MR) is 124 cm³/mol. The number of nitrogens with one attached hydrogen (secondary N) is 2. The van der Waals surface area contributed by atoms with Crippen molar-refractivity contribution in [3.8, 4) is 0 Å². The topological polar surface area (TPSA) is 78.4 Å². The summed E-state index contributed by atoms with van der Waals surface area (Å²) in [4.78, 5) is 26.1. The fraction of sp³-hybridized carbons (Fsp3) is 0.391. The van der Waals surface area contributed by atoms with Crippen molar-refractivity contribution in [2.75, 3.05) is 5.32 Å². The summed E-state index contributed by atoms with van der Waals surface area (Å²) in [7, 11) is 0. The van der Waals surface area contributed by atoms with E-state index in [0.717, 1.165) is 25.8 Å². The van der Waals surface area contributed by atoms with Crippen molar-refractivity contribution in [3.05, 3.63) is 62.5 Å². The summed E-state index contributed by atoms with van der Waals surface area (Å²) >= 11 is 6.99. The molecule has 1 saturated heterocycles. The molecule has 4 rings (SSSR count). The molecule has 0 bridgehead atoms. The Morgan fingerprint density at radius 1 is 1.13 bits per heavy atom. The van der Waals surface area contributed by atoms with Gasteiger partial charge in [0.2, 0.25) is 5.91 Å². The van der Waals surface area contributed by atoms with Crippen molar-refractivity contribution in [2.45, 2.75) is 50.6 Å². The van der Waals surface area contributed by atoms with Gasteiger partial charge in [0.25, 0.3) is 0 Å². The summed E-state index contributed by atoms with van der Waals surface area (Å²) in [5, 5.41) is 16.5. The minimum atomic E-state index is -1.02. The highest BCUT2D eigenvalue weighted by Gasteiger charge is 2.65. The first-order valence-corrected chi connectivity index (χ1v) is 11.5. The predicted octanol–water partition coefficient (Wildman–Crippen LogP) is 5.05. The van der Waals surface area contributed by atoms with E-state index in [1.54, 1.807) is 0 Å². The zero-order valence-electron chi connectivity index (χ0n) is 17.0. The number of hydrogen-bond donors (Lipinski definition) is 3. The standard InChI is InChI=1S/C23H24Br2N2O3/c1-22(2,3)11-17-23(15-8-7-14(25)10-16(15)26-21(23)30)18(19(27-17)20(28)29)12-5-4-6-13(24)9-12/h4-10,17-19,27H,11H2,1-3H3,(H,26,30)(H,28,29). The number of hydrogen-bond acceptors (Lipinski definition) is 3. The van der Waals surface area contributed by atoms with Gasteiger partial charge in [0, 0.05) is 26.6 Å². The maximum absolute atomic E-state index is 13.7. The van der Waals surface area contributed by atoms with Crippen LogP contribution in [0.1, 0.15) is 44.2 Å². The number of carboxylic acid groups (broad SMARTS) is 1. The van der Waals surface area contributed by atoms with E-state index in [-0.39, 0.29) is 17.4 Å². The highest BCUT2D eigenvalue weighted by atomic mass is 79.9. The van der Waals surface area contributed by atoms with Crippen molar-refractivity contribution in [1.82, 2.24) is 5.32 Å². The molecule has 0 radical (unpaired) electrons. The third-order valence-corrected chi connectivity index (χ3v) is 7.08. The first-order chi connectivity index (χ1) is 14.0. The molecule has 2 aliphatic heterocycles. The molecule has 2 aromatic carbocycles. The summed E-state index contributed by atoms with van der Waals surface area (Å²) < 4.78 is 1.72. The van der Waals surface area contributed by atoms with Crippen LogP contribution in [0.5, 0.6) is 0 Å². The Labute approximate surface area is 192 Å². The van der Waals surface area contributed by atoms with Crippen LogP contribution >= 0.6 is 31.9 Å². The van der Waals surface area contributed by atoms with Gasteiger partial charge >= 0.3 is 5.97 Å². The second-order valence-electron chi connectivity index (χ2n) is 9.35. The van der Waals surface area contributed by atoms with Crippen LogP contribution in [0.4, 0.5) is 5.69 Å². The molecule has 2 aliphatic rings. The maximum Gasteiger partial charge on any atom is 0.321 e. The lowest BCUT2D eigenvalue weighted by Gasteiger charge is -2.37. The average molecular weight is 536 g/mol. The Bertz CT molecular complexity index is 1030. The van der Waals surface area contributed by atoms with Crippen LogP contribution in [0.3, 0.4) is 0 Å². The van der Waals surface area contributed by atoms with Crippen LogP contribution in [0.15, 0.2) is 51.4 Å². The highest BCUT2D eigenvalue weighted by molar-refractivity contribution is 9.10. The molecule has 158 valence electrons. The first kappa shape index (κ1) is 21.5. The number of benzene rings is 2. The van der Waals surface area contributed by atoms with Crippen LogP contribution in [0.25, 0.3) is 0 Å². The Hall–Kier alpha value is -1.70. The molecule has 0 aliphatic carbocycles. The van der Waals surface area contributed by atoms with Gasteiger partial charge in [-0.05, 0) is 47.2 Å². The quantitative estimate of drug-likeness (QED) is 0.514. The van der Waals surface area contributed by atoms with Gasteiger partial charge in [-0.1, -0.05) is 70.8 Å². The van der Waals surface area contributed by atoms with Gasteiger partial charge in [-0.15, -0.1) is 0 Å². The Balaban J connectivity index is 2.00. The SMILES string of the molecule is CC(C)(C)CC1NC(C(=O)O)C(c2cccc(Br)c2)C12C(=O)Nc1cc(Br)ccc12. The number of anilines is 1. The maximum atomic E-state index is 13.7. The fourth-order valence-corrected chi connectivity index (χ4v) is 5.89. The molecule has 1 amide bonds. The smallest absolute Gasteiger partial charge is 0.321 e. The van der Waals surface area contributed by atoms with Gasteiger partial charge in [0.1, 0.15) is 11.5 Å². The Kier molecular flexibility index (Phi) is 5.36. The molecule has 7 heteroatoms. The van der Waals surface area contributed by atoms with E-state index in [2.05, 4.69) is 63.3 Å². The summed E-state index contributed by atoms with van der Waals surface area (Å²) in [5.41, 5.74) is 1.30. The fourth-order valence-electron chi connectivity index (χ4n) is 5.11. The number of rotatable bonds is 3. The van der Waals surface area contributed by atoms with Gasteiger partial charge in [0.15, 0.2) is 0 Å². The van der Waals surface area contributed by atoms with E-state index >= 15 is 0 Å². The number of amides is 1. The zero-order chi connectivity index (χ0) is 21.8. The lowest BCUT2D eigenvalue weighted by molar-refractivity contribution is -0.139. The minimum Gasteiger partial charge on any atom is -0.480 e. The molecule has 30 heavy (non-hydrogen) atoms. The lowest BCUT2D eigenvalue weighted by atomic mass is 9.62. The second-order valence-corrected chi connectivity index (χ2v) is 11.2. The van der Waals surface area contributed by atoms with Crippen molar-refractivity contribution < 1.29 is 14.7 Å². The summed E-state index contributed by atoms with van der Waals surface area (Å²) in [6.07, 6.45) is 0.657. The van der Waals surface area contributed by atoms with Crippen LogP contribution in [0, 0.1) is 5.41 Å². The number of carboxylic acids is 1. The monoisotopic (exact) mass is 534 g/mol. The summed E-state index contributed by atoms with van der Waals surface area (Å²) in [6.45, 7) is 6.33. The summed E-state index contributed by atoms with van der Waals surface area (Å²) in [6, 6.07) is 12.2. The molecular weight excluding hydrogens is 512 g/mol. The molecule has 0 saturated carbocycles. The van der Waals surface area contributed by atoms with Gasteiger partial charge in [-0.25, -0.2) is 0 Å². The van der Waals surface area contributed by atoms with Gasteiger partial charge < -0.3 is 10.4 Å². The lowest BCUT2D eigenvalue weighted by Crippen LogP contribution is -2.49. The number of aliphatic carboxylic acids is 1. The van der Waals surface area contributed by atoms with Gasteiger partial charge in [0.05, 0.1) is 0 Å². The van der Waals surface area contributed by atoms with E-state index < -0.39 is 23.3 Å². The average Bonchev–Trinajstić information content (AvgIpc) is 3.10. The zero-order valence-corrected chi connectivity index (χ0v) is 20.2. The Morgan fingerprint density at radius 3 is 2.47 bits per heavy atom.